The summed E-state index contributed by atoms with van der Waals surface area (Å²) in [6.45, 7) is 5.29. The van der Waals surface area contributed by atoms with Gasteiger partial charge in [-0.25, -0.2) is 4.79 Å². The van der Waals surface area contributed by atoms with Gasteiger partial charge in [-0.05, 0) is 32.9 Å². The summed E-state index contributed by atoms with van der Waals surface area (Å²) < 4.78 is 16.6. The lowest BCUT2D eigenvalue weighted by atomic mass is 10.0. The molecule has 0 saturated carbocycles. The van der Waals surface area contributed by atoms with E-state index >= 15 is 0 Å². The van der Waals surface area contributed by atoms with Gasteiger partial charge in [0.05, 0.1) is 16.6 Å². The Balaban J connectivity index is 1.78. The Hall–Kier alpha value is -3.67. The highest BCUT2D eigenvalue weighted by Gasteiger charge is 2.20. The van der Waals surface area contributed by atoms with E-state index in [1.165, 1.54) is 0 Å². The number of ether oxygens (including phenoxy) is 1. The molecule has 29 heavy (non-hydrogen) atoms. The topological polar surface area (TPSA) is 82.5 Å². The molecular weight excluding hydrogens is 370 g/mol. The fraction of sp³-hybridized carbons (Fsp3) is 0.174. The van der Waals surface area contributed by atoms with Gasteiger partial charge in [0, 0.05) is 11.1 Å². The van der Waals surface area contributed by atoms with Gasteiger partial charge >= 0.3 is 5.97 Å². The number of aromatic nitrogens is 1. The van der Waals surface area contributed by atoms with E-state index in [1.807, 2.05) is 30.3 Å². The van der Waals surface area contributed by atoms with Crippen molar-refractivity contribution in [3.8, 4) is 11.3 Å². The Labute approximate surface area is 166 Å². The van der Waals surface area contributed by atoms with Crippen molar-refractivity contribution in [2.24, 2.45) is 0 Å². The van der Waals surface area contributed by atoms with Crippen LogP contribution in [-0.2, 0) is 11.3 Å². The molecule has 0 unspecified atom stereocenters. The number of fused-ring (bicyclic) bond motifs is 1. The molecule has 0 spiro atoms. The average molecular weight is 389 g/mol. The molecule has 6 heteroatoms. The Morgan fingerprint density at radius 3 is 2.48 bits per heavy atom. The van der Waals surface area contributed by atoms with Gasteiger partial charge in [0.25, 0.3) is 0 Å². The number of hydrogen-bond donors (Lipinski definition) is 0. The first kappa shape index (κ1) is 18.7. The SMILES string of the molecule is Cc1noc(C)c1COC(=O)c1cccc2c(=O)c(C)c(-c3ccccc3)oc12. The normalized spacial score (nSPS) is 11.0. The van der Waals surface area contributed by atoms with Crippen molar-refractivity contribution in [1.29, 1.82) is 0 Å². The first-order chi connectivity index (χ1) is 14.0. The van der Waals surface area contributed by atoms with Gasteiger partial charge in [0.15, 0.2) is 11.0 Å². The molecule has 4 aromatic rings. The molecule has 2 aromatic heterocycles. The maximum absolute atomic E-state index is 12.9. The van der Waals surface area contributed by atoms with E-state index in [0.29, 0.717) is 28.2 Å². The molecule has 0 bridgehead atoms. The van der Waals surface area contributed by atoms with E-state index < -0.39 is 5.97 Å². The Morgan fingerprint density at radius 2 is 1.79 bits per heavy atom. The third-order valence-electron chi connectivity index (χ3n) is 4.93. The van der Waals surface area contributed by atoms with Crippen LogP contribution in [0.5, 0.6) is 0 Å². The monoisotopic (exact) mass is 389 g/mol. The lowest BCUT2D eigenvalue weighted by molar-refractivity contribution is 0.0472. The van der Waals surface area contributed by atoms with Crippen LogP contribution in [0, 0.1) is 20.8 Å². The van der Waals surface area contributed by atoms with Gasteiger partial charge in [-0.1, -0.05) is 41.6 Å². The second kappa shape index (κ2) is 7.39. The fourth-order valence-corrected chi connectivity index (χ4v) is 3.26. The quantitative estimate of drug-likeness (QED) is 0.469. The Morgan fingerprint density at radius 1 is 1.03 bits per heavy atom. The van der Waals surface area contributed by atoms with Crippen LogP contribution in [0.4, 0.5) is 0 Å². The summed E-state index contributed by atoms with van der Waals surface area (Å²) in [4.78, 5) is 25.7. The highest BCUT2D eigenvalue weighted by molar-refractivity contribution is 6.02. The smallest absolute Gasteiger partial charge is 0.342 e. The Bertz CT molecular complexity index is 1250. The summed E-state index contributed by atoms with van der Waals surface area (Å²) in [6.07, 6.45) is 0. The summed E-state index contributed by atoms with van der Waals surface area (Å²) in [5.41, 5.74) is 2.88. The fourth-order valence-electron chi connectivity index (χ4n) is 3.26. The lowest BCUT2D eigenvalue weighted by Gasteiger charge is -2.10. The molecule has 0 amide bonds. The number of carbonyl (C=O) groups excluding carboxylic acids is 1. The molecule has 6 nitrogen and oxygen atoms in total. The molecule has 0 radical (unpaired) electrons. The van der Waals surface area contributed by atoms with Crippen molar-refractivity contribution in [2.45, 2.75) is 27.4 Å². The van der Waals surface area contributed by atoms with Gasteiger partial charge in [-0.15, -0.1) is 0 Å². The summed E-state index contributed by atoms with van der Waals surface area (Å²) in [5.74, 6) is 0.456. The predicted octanol–water partition coefficient (Wildman–Crippen LogP) is 4.73. The number of carbonyl (C=O) groups is 1. The molecule has 0 N–H and O–H groups in total. The largest absolute Gasteiger partial charge is 0.457 e. The van der Waals surface area contributed by atoms with Crippen molar-refractivity contribution in [3.63, 3.8) is 0 Å². The van der Waals surface area contributed by atoms with Crippen molar-refractivity contribution in [3.05, 3.63) is 86.9 Å². The van der Waals surface area contributed by atoms with Crippen LogP contribution in [0.25, 0.3) is 22.3 Å². The minimum Gasteiger partial charge on any atom is -0.457 e. The zero-order valence-corrected chi connectivity index (χ0v) is 16.3. The minimum atomic E-state index is -0.582. The number of esters is 1. The van der Waals surface area contributed by atoms with E-state index in [1.54, 1.807) is 39.0 Å². The first-order valence-corrected chi connectivity index (χ1v) is 9.18. The maximum atomic E-state index is 12.9. The highest BCUT2D eigenvalue weighted by Crippen LogP contribution is 2.27. The summed E-state index contributed by atoms with van der Waals surface area (Å²) in [6, 6.07) is 14.2. The zero-order chi connectivity index (χ0) is 20.5. The highest BCUT2D eigenvalue weighted by atomic mass is 16.5. The molecule has 0 atom stereocenters. The van der Waals surface area contributed by atoms with Crippen LogP contribution in [0.3, 0.4) is 0 Å². The second-order valence-corrected chi connectivity index (χ2v) is 6.81. The Kier molecular flexibility index (Phi) is 4.76. The minimum absolute atomic E-state index is 0.0258. The van der Waals surface area contributed by atoms with Crippen LogP contribution < -0.4 is 5.43 Å². The maximum Gasteiger partial charge on any atom is 0.342 e. The van der Waals surface area contributed by atoms with Gasteiger partial charge < -0.3 is 13.7 Å². The summed E-state index contributed by atoms with van der Waals surface area (Å²) >= 11 is 0. The molecular formula is C23H19NO5. The lowest BCUT2D eigenvalue weighted by Crippen LogP contribution is -2.11. The number of nitrogens with zero attached hydrogens (tertiary/aromatic N) is 1. The second-order valence-electron chi connectivity index (χ2n) is 6.81. The number of benzene rings is 2. The van der Waals surface area contributed by atoms with Gasteiger partial charge in [-0.2, -0.15) is 0 Å². The third-order valence-corrected chi connectivity index (χ3v) is 4.93. The molecule has 2 aromatic carbocycles. The van der Waals surface area contributed by atoms with Gasteiger partial charge in [-0.3, -0.25) is 4.79 Å². The van der Waals surface area contributed by atoms with Crippen LogP contribution >= 0.6 is 0 Å². The number of aryl methyl sites for hydroxylation is 2. The average Bonchev–Trinajstić information content (AvgIpc) is 3.06. The van der Waals surface area contributed by atoms with Crippen molar-refractivity contribution >= 4 is 16.9 Å². The number of hydrogen-bond acceptors (Lipinski definition) is 6. The molecule has 2 heterocycles. The number of para-hydroxylation sites is 1. The van der Waals surface area contributed by atoms with E-state index in [2.05, 4.69) is 5.16 Å². The standard InChI is InChI=1S/C23H19NO5/c1-13-20(25)17-10-7-11-18(22(17)28-21(13)16-8-5-4-6-9-16)23(26)27-12-19-14(2)24-29-15(19)3/h4-11H,12H2,1-3H3. The van der Waals surface area contributed by atoms with E-state index in [0.717, 1.165) is 11.1 Å². The van der Waals surface area contributed by atoms with Crippen molar-refractivity contribution in [2.75, 3.05) is 0 Å². The summed E-state index contributed by atoms with van der Waals surface area (Å²) in [7, 11) is 0. The van der Waals surface area contributed by atoms with Gasteiger partial charge in [0.2, 0.25) is 0 Å². The van der Waals surface area contributed by atoms with E-state index in [9.17, 15) is 9.59 Å². The molecule has 0 aliphatic carbocycles. The van der Waals surface area contributed by atoms with Crippen LogP contribution in [0.15, 0.2) is 62.3 Å². The molecule has 0 aliphatic rings. The predicted molar refractivity (Wildman–Crippen MR) is 108 cm³/mol. The molecule has 146 valence electrons. The van der Waals surface area contributed by atoms with Crippen molar-refractivity contribution < 1.29 is 18.5 Å². The zero-order valence-electron chi connectivity index (χ0n) is 16.3. The first-order valence-electron chi connectivity index (χ1n) is 9.18. The van der Waals surface area contributed by atoms with Crippen molar-refractivity contribution in [1.82, 2.24) is 5.16 Å². The van der Waals surface area contributed by atoms with E-state index in [-0.39, 0.29) is 23.2 Å². The van der Waals surface area contributed by atoms with E-state index in [4.69, 9.17) is 13.7 Å². The number of rotatable bonds is 4. The van der Waals surface area contributed by atoms with Gasteiger partial charge in [0.1, 0.15) is 23.7 Å². The molecule has 0 aliphatic heterocycles. The van der Waals surface area contributed by atoms with Crippen LogP contribution in [0.2, 0.25) is 0 Å². The third kappa shape index (κ3) is 3.33. The molecule has 4 rings (SSSR count). The van der Waals surface area contributed by atoms with Crippen LogP contribution in [0.1, 0.15) is 32.9 Å². The molecule has 0 fully saturated rings. The summed E-state index contributed by atoms with van der Waals surface area (Å²) in [5, 5.41) is 4.20. The molecule has 0 saturated heterocycles. The van der Waals surface area contributed by atoms with Crippen LogP contribution in [-0.4, -0.2) is 11.1 Å².